The normalized spacial score (nSPS) is 18.6. The Hall–Kier alpha value is -3.66. The molecule has 5 rings (SSSR count). The average molecular weight is 436 g/mol. The largest absolute Gasteiger partial charge is 0.366 e. The van der Waals surface area contributed by atoms with E-state index in [-0.39, 0.29) is 17.7 Å². The second kappa shape index (κ2) is 8.46. The summed E-state index contributed by atoms with van der Waals surface area (Å²) in [5, 5.41) is 10.7. The topological polar surface area (TPSA) is 106 Å². The summed E-state index contributed by atoms with van der Waals surface area (Å²) in [6.07, 6.45) is 8.85. The molecule has 3 heterocycles. The van der Waals surface area contributed by atoms with Crippen LogP contribution in [-0.4, -0.2) is 36.6 Å². The molecule has 0 saturated heterocycles. The minimum absolute atomic E-state index is 0.0809. The number of nitrogens with two attached hydrogens (primary N) is 1. The standard InChI is InChI=1S/C22H22F2N8/c23-16-2-1-3-17(24)21(16)30-22-27-10-13(11-28-22)18-12-26-20-9-8-19(31-32(18)20)29-15-6-4-14(25)5-7-15/h1-3,8-12,14-15H,4-7,25H2,(H,29,31)(H,27,28,30). The van der Waals surface area contributed by atoms with E-state index < -0.39 is 11.6 Å². The van der Waals surface area contributed by atoms with Crippen LogP contribution >= 0.6 is 0 Å². The Labute approximate surface area is 182 Å². The molecule has 0 radical (unpaired) electrons. The molecule has 164 valence electrons. The van der Waals surface area contributed by atoms with Gasteiger partial charge in [0.15, 0.2) is 5.65 Å². The van der Waals surface area contributed by atoms with E-state index in [4.69, 9.17) is 5.73 Å². The fraction of sp³-hybridized carbons (Fsp3) is 0.273. The van der Waals surface area contributed by atoms with E-state index in [9.17, 15) is 8.78 Å². The second-order valence-corrected chi connectivity index (χ2v) is 7.91. The van der Waals surface area contributed by atoms with Crippen molar-refractivity contribution in [1.29, 1.82) is 0 Å². The number of rotatable bonds is 5. The van der Waals surface area contributed by atoms with Gasteiger partial charge in [-0.2, -0.15) is 0 Å². The fourth-order valence-electron chi connectivity index (χ4n) is 3.87. The van der Waals surface area contributed by atoms with E-state index in [1.54, 1.807) is 23.1 Å². The average Bonchev–Trinajstić information content (AvgIpc) is 3.22. The summed E-state index contributed by atoms with van der Waals surface area (Å²) in [7, 11) is 0. The highest BCUT2D eigenvalue weighted by Gasteiger charge is 2.19. The predicted octanol–water partition coefficient (Wildman–Crippen LogP) is 3.89. The molecule has 1 saturated carbocycles. The highest BCUT2D eigenvalue weighted by atomic mass is 19.1. The van der Waals surface area contributed by atoms with Crippen LogP contribution in [0, 0.1) is 11.6 Å². The van der Waals surface area contributed by atoms with Crippen LogP contribution in [0.15, 0.2) is 48.9 Å². The first-order chi connectivity index (χ1) is 15.6. The van der Waals surface area contributed by atoms with Gasteiger partial charge in [-0.15, -0.1) is 5.10 Å². The maximum atomic E-state index is 13.8. The van der Waals surface area contributed by atoms with E-state index in [1.165, 1.54) is 6.07 Å². The molecule has 10 heteroatoms. The number of para-hydroxylation sites is 1. The molecule has 0 aliphatic heterocycles. The summed E-state index contributed by atoms with van der Waals surface area (Å²) in [6.45, 7) is 0. The highest BCUT2D eigenvalue weighted by molar-refractivity contribution is 5.63. The van der Waals surface area contributed by atoms with Crippen molar-refractivity contribution in [3.8, 4) is 11.3 Å². The molecule has 4 aromatic rings. The Morgan fingerprint density at radius 1 is 0.906 bits per heavy atom. The lowest BCUT2D eigenvalue weighted by Gasteiger charge is -2.27. The van der Waals surface area contributed by atoms with Crippen molar-refractivity contribution in [3.63, 3.8) is 0 Å². The molecule has 1 aliphatic carbocycles. The quantitative estimate of drug-likeness (QED) is 0.436. The van der Waals surface area contributed by atoms with Crippen molar-refractivity contribution in [2.24, 2.45) is 5.73 Å². The molecular weight excluding hydrogens is 414 g/mol. The molecule has 8 nitrogen and oxygen atoms in total. The minimum atomic E-state index is -0.719. The van der Waals surface area contributed by atoms with E-state index in [1.807, 2.05) is 12.1 Å². The monoisotopic (exact) mass is 436 g/mol. The SMILES string of the molecule is NC1CCC(Nc2ccc3ncc(-c4cnc(Nc5c(F)cccc5F)nc4)n3n2)CC1. The first-order valence-corrected chi connectivity index (χ1v) is 10.5. The van der Waals surface area contributed by atoms with Gasteiger partial charge >= 0.3 is 0 Å². The number of nitrogens with one attached hydrogen (secondary N) is 2. The summed E-state index contributed by atoms with van der Waals surface area (Å²) in [5.41, 5.74) is 7.76. The van der Waals surface area contributed by atoms with Gasteiger partial charge in [-0.05, 0) is 49.9 Å². The zero-order valence-electron chi connectivity index (χ0n) is 17.2. The number of fused-ring (bicyclic) bond motifs is 1. The van der Waals surface area contributed by atoms with Crippen molar-refractivity contribution < 1.29 is 8.78 Å². The zero-order chi connectivity index (χ0) is 22.1. The van der Waals surface area contributed by atoms with Crippen LogP contribution < -0.4 is 16.4 Å². The highest BCUT2D eigenvalue weighted by Crippen LogP contribution is 2.25. The Bertz CT molecular complexity index is 1210. The van der Waals surface area contributed by atoms with Crippen molar-refractivity contribution >= 4 is 23.1 Å². The van der Waals surface area contributed by atoms with Crippen LogP contribution in [0.1, 0.15) is 25.7 Å². The molecule has 32 heavy (non-hydrogen) atoms. The molecule has 1 aliphatic rings. The first-order valence-electron chi connectivity index (χ1n) is 10.5. The van der Waals surface area contributed by atoms with Gasteiger partial charge in [0.1, 0.15) is 23.1 Å². The van der Waals surface area contributed by atoms with E-state index in [2.05, 4.69) is 30.7 Å². The van der Waals surface area contributed by atoms with Crippen LogP contribution in [0.4, 0.5) is 26.2 Å². The molecule has 0 amide bonds. The number of hydrogen-bond donors (Lipinski definition) is 3. The molecule has 3 aromatic heterocycles. The Morgan fingerprint density at radius 3 is 2.34 bits per heavy atom. The van der Waals surface area contributed by atoms with Gasteiger partial charge in [0.2, 0.25) is 5.95 Å². The van der Waals surface area contributed by atoms with Crippen LogP contribution in [0.2, 0.25) is 0 Å². The third-order valence-corrected chi connectivity index (χ3v) is 5.63. The number of halogens is 2. The van der Waals surface area contributed by atoms with Crippen LogP contribution in [-0.2, 0) is 0 Å². The number of aromatic nitrogens is 5. The van der Waals surface area contributed by atoms with Crippen molar-refractivity contribution in [2.75, 3.05) is 10.6 Å². The summed E-state index contributed by atoms with van der Waals surface area (Å²) in [6, 6.07) is 8.06. The van der Waals surface area contributed by atoms with Crippen LogP contribution in [0.25, 0.3) is 16.9 Å². The van der Waals surface area contributed by atoms with Crippen molar-refractivity contribution in [2.45, 2.75) is 37.8 Å². The van der Waals surface area contributed by atoms with Gasteiger partial charge in [0.25, 0.3) is 0 Å². The Kier molecular flexibility index (Phi) is 5.36. The molecule has 0 bridgehead atoms. The maximum Gasteiger partial charge on any atom is 0.227 e. The Balaban J connectivity index is 1.37. The lowest BCUT2D eigenvalue weighted by molar-refractivity contribution is 0.410. The molecular formula is C22H22F2N8. The summed E-state index contributed by atoms with van der Waals surface area (Å²) < 4.78 is 29.4. The van der Waals surface area contributed by atoms with E-state index >= 15 is 0 Å². The van der Waals surface area contributed by atoms with Gasteiger partial charge < -0.3 is 16.4 Å². The molecule has 4 N–H and O–H groups in total. The summed E-state index contributed by atoms with van der Waals surface area (Å²) >= 11 is 0. The second-order valence-electron chi connectivity index (χ2n) is 7.91. The third kappa shape index (κ3) is 4.09. The fourth-order valence-corrected chi connectivity index (χ4v) is 3.87. The van der Waals surface area contributed by atoms with Gasteiger partial charge in [0, 0.05) is 30.0 Å². The number of anilines is 3. The Morgan fingerprint density at radius 2 is 1.62 bits per heavy atom. The lowest BCUT2D eigenvalue weighted by Crippen LogP contribution is -2.33. The third-order valence-electron chi connectivity index (χ3n) is 5.63. The maximum absolute atomic E-state index is 13.8. The zero-order valence-corrected chi connectivity index (χ0v) is 17.2. The smallest absolute Gasteiger partial charge is 0.227 e. The molecule has 0 spiro atoms. The summed E-state index contributed by atoms with van der Waals surface area (Å²) in [5.74, 6) is -0.601. The summed E-state index contributed by atoms with van der Waals surface area (Å²) in [4.78, 5) is 12.8. The molecule has 1 fully saturated rings. The van der Waals surface area contributed by atoms with E-state index in [0.717, 1.165) is 43.6 Å². The number of nitrogens with zero attached hydrogens (tertiary/aromatic N) is 5. The van der Waals surface area contributed by atoms with Gasteiger partial charge in [-0.3, -0.25) is 0 Å². The van der Waals surface area contributed by atoms with Gasteiger partial charge in [-0.25, -0.2) is 28.2 Å². The lowest BCUT2D eigenvalue weighted by atomic mass is 9.92. The minimum Gasteiger partial charge on any atom is -0.366 e. The number of imidazole rings is 1. The van der Waals surface area contributed by atoms with Crippen LogP contribution in [0.3, 0.4) is 0 Å². The van der Waals surface area contributed by atoms with E-state index in [0.29, 0.717) is 22.9 Å². The number of hydrogen-bond acceptors (Lipinski definition) is 7. The van der Waals surface area contributed by atoms with Gasteiger partial charge in [0.05, 0.1) is 11.9 Å². The van der Waals surface area contributed by atoms with Crippen LogP contribution in [0.5, 0.6) is 0 Å². The molecule has 1 aromatic carbocycles. The first kappa shape index (κ1) is 20.3. The number of benzene rings is 1. The van der Waals surface area contributed by atoms with Gasteiger partial charge in [-0.1, -0.05) is 6.07 Å². The molecule has 0 atom stereocenters. The van der Waals surface area contributed by atoms with Crippen molar-refractivity contribution in [1.82, 2.24) is 24.6 Å². The molecule has 0 unspecified atom stereocenters. The predicted molar refractivity (Wildman–Crippen MR) is 118 cm³/mol. The van der Waals surface area contributed by atoms with Crippen molar-refractivity contribution in [3.05, 3.63) is 60.6 Å².